The highest BCUT2D eigenvalue weighted by Crippen LogP contribution is 2.48. The van der Waals surface area contributed by atoms with E-state index in [9.17, 15) is 9.59 Å². The largest absolute Gasteiger partial charge is 0.497 e. The molecule has 142 valence electrons. The number of amides is 2. The van der Waals surface area contributed by atoms with Crippen LogP contribution in [0, 0.1) is 5.41 Å². The molecule has 1 aliphatic rings. The third kappa shape index (κ3) is 4.13. The lowest BCUT2D eigenvalue weighted by molar-refractivity contribution is -0.144. The summed E-state index contributed by atoms with van der Waals surface area (Å²) >= 11 is 0. The van der Waals surface area contributed by atoms with Gasteiger partial charge in [0.25, 0.3) is 0 Å². The minimum absolute atomic E-state index is 0.0176. The van der Waals surface area contributed by atoms with E-state index in [1.165, 1.54) is 0 Å². The quantitative estimate of drug-likeness (QED) is 0.757. The molecule has 0 saturated heterocycles. The Labute approximate surface area is 160 Å². The number of methoxy groups -OCH3 is 1. The molecule has 0 atom stereocenters. The van der Waals surface area contributed by atoms with Crippen LogP contribution in [0.15, 0.2) is 54.6 Å². The number of hydrogen-bond acceptors (Lipinski definition) is 3. The van der Waals surface area contributed by atoms with Gasteiger partial charge in [-0.1, -0.05) is 30.3 Å². The number of rotatable bonds is 7. The lowest BCUT2D eigenvalue weighted by atomic mass is 10.0. The van der Waals surface area contributed by atoms with Crippen LogP contribution >= 0.6 is 0 Å². The van der Waals surface area contributed by atoms with E-state index in [0.717, 1.165) is 11.3 Å². The molecule has 1 saturated carbocycles. The summed E-state index contributed by atoms with van der Waals surface area (Å²) in [5.74, 6) is 0.405. The molecule has 27 heavy (non-hydrogen) atoms. The van der Waals surface area contributed by atoms with Crippen molar-refractivity contribution in [1.29, 1.82) is 0 Å². The molecule has 0 aromatic heterocycles. The smallest absolute Gasteiger partial charge is 0.240 e. The van der Waals surface area contributed by atoms with Gasteiger partial charge in [0.1, 0.15) is 11.2 Å². The first-order valence-corrected chi connectivity index (χ1v) is 9.27. The second-order valence-electron chi connectivity index (χ2n) is 7.28. The summed E-state index contributed by atoms with van der Waals surface area (Å²) in [4.78, 5) is 27.9. The maximum absolute atomic E-state index is 13.3. The summed E-state index contributed by atoms with van der Waals surface area (Å²) in [7, 11) is 1.60. The molecule has 5 nitrogen and oxygen atoms in total. The molecule has 1 N–H and O–H groups in total. The SMILES string of the molecule is COc1ccc(NC(=O)C2(C(=O)N(Cc3ccccc3)C(C)C)CC2)cc1. The molecule has 0 spiro atoms. The molecule has 2 aromatic carbocycles. The molecule has 0 aliphatic heterocycles. The molecule has 0 unspecified atom stereocenters. The Bertz CT molecular complexity index is 796. The van der Waals surface area contributed by atoms with Gasteiger partial charge < -0.3 is 15.0 Å². The number of benzene rings is 2. The Hall–Kier alpha value is -2.82. The lowest BCUT2D eigenvalue weighted by Gasteiger charge is -2.30. The average Bonchev–Trinajstić information content (AvgIpc) is 3.49. The van der Waals surface area contributed by atoms with Gasteiger partial charge >= 0.3 is 0 Å². The van der Waals surface area contributed by atoms with Gasteiger partial charge in [0.2, 0.25) is 11.8 Å². The van der Waals surface area contributed by atoms with Crippen LogP contribution < -0.4 is 10.1 Å². The van der Waals surface area contributed by atoms with E-state index in [2.05, 4.69) is 5.32 Å². The van der Waals surface area contributed by atoms with Gasteiger partial charge in [-0.3, -0.25) is 9.59 Å². The summed E-state index contributed by atoms with van der Waals surface area (Å²) in [5, 5.41) is 2.89. The lowest BCUT2D eigenvalue weighted by Crippen LogP contribution is -2.45. The molecular formula is C22H26N2O3. The van der Waals surface area contributed by atoms with E-state index in [-0.39, 0.29) is 17.9 Å². The zero-order chi connectivity index (χ0) is 19.4. The first-order chi connectivity index (χ1) is 13.0. The zero-order valence-electron chi connectivity index (χ0n) is 16.1. The number of nitrogens with zero attached hydrogens (tertiary/aromatic N) is 1. The van der Waals surface area contributed by atoms with Crippen molar-refractivity contribution in [1.82, 2.24) is 4.90 Å². The maximum atomic E-state index is 13.3. The van der Waals surface area contributed by atoms with Gasteiger partial charge in [0, 0.05) is 18.3 Å². The Kier molecular flexibility index (Phi) is 5.49. The predicted molar refractivity (Wildman–Crippen MR) is 105 cm³/mol. The average molecular weight is 366 g/mol. The fourth-order valence-corrected chi connectivity index (χ4v) is 3.13. The molecule has 3 rings (SSSR count). The van der Waals surface area contributed by atoms with Gasteiger partial charge in [0.05, 0.1) is 7.11 Å². The summed E-state index contributed by atoms with van der Waals surface area (Å²) in [6.07, 6.45) is 1.18. The highest BCUT2D eigenvalue weighted by atomic mass is 16.5. The molecular weight excluding hydrogens is 340 g/mol. The second kappa shape index (κ2) is 7.82. The molecule has 2 amide bonds. The number of hydrogen-bond donors (Lipinski definition) is 1. The van der Waals surface area contributed by atoms with Crippen LogP contribution in [0.25, 0.3) is 0 Å². The Balaban J connectivity index is 1.73. The van der Waals surface area contributed by atoms with E-state index in [1.54, 1.807) is 36.3 Å². The van der Waals surface area contributed by atoms with Crippen molar-refractivity contribution < 1.29 is 14.3 Å². The summed E-state index contributed by atoms with van der Waals surface area (Å²) < 4.78 is 5.13. The number of carbonyl (C=O) groups is 2. The van der Waals surface area contributed by atoms with Crippen LogP contribution in [0.1, 0.15) is 32.3 Å². The van der Waals surface area contributed by atoms with Gasteiger partial charge in [0.15, 0.2) is 0 Å². The van der Waals surface area contributed by atoms with Gasteiger partial charge in [-0.05, 0) is 56.5 Å². The van der Waals surface area contributed by atoms with Crippen molar-refractivity contribution in [2.45, 2.75) is 39.3 Å². The first kappa shape index (κ1) is 19.0. The van der Waals surface area contributed by atoms with Crippen molar-refractivity contribution in [2.24, 2.45) is 5.41 Å². The van der Waals surface area contributed by atoms with Crippen LogP contribution in [0.3, 0.4) is 0 Å². The van der Waals surface area contributed by atoms with Crippen molar-refractivity contribution in [3.8, 4) is 5.75 Å². The molecule has 0 bridgehead atoms. The van der Waals surface area contributed by atoms with E-state index >= 15 is 0 Å². The van der Waals surface area contributed by atoms with Crippen LogP contribution in [-0.2, 0) is 16.1 Å². The van der Waals surface area contributed by atoms with Crippen LogP contribution in [-0.4, -0.2) is 29.9 Å². The predicted octanol–water partition coefficient (Wildman–Crippen LogP) is 3.85. The van der Waals surface area contributed by atoms with E-state index < -0.39 is 5.41 Å². The standard InChI is InChI=1S/C22H26N2O3/c1-16(2)24(15-17-7-5-4-6-8-17)21(26)22(13-14-22)20(25)23-18-9-11-19(27-3)12-10-18/h4-12,16H,13-15H2,1-3H3,(H,23,25). The molecule has 0 radical (unpaired) electrons. The van der Waals surface area contributed by atoms with Crippen LogP contribution in [0.4, 0.5) is 5.69 Å². The molecule has 1 fully saturated rings. The summed E-state index contributed by atoms with van der Waals surface area (Å²) in [6.45, 7) is 4.48. The van der Waals surface area contributed by atoms with Gasteiger partial charge in [-0.15, -0.1) is 0 Å². The van der Waals surface area contributed by atoms with Crippen molar-refractivity contribution in [2.75, 3.05) is 12.4 Å². The zero-order valence-corrected chi connectivity index (χ0v) is 16.1. The number of anilines is 1. The Morgan fingerprint density at radius 1 is 1.07 bits per heavy atom. The summed E-state index contributed by atoms with van der Waals surface area (Å²) in [6, 6.07) is 17.0. The number of ether oxygens (including phenoxy) is 1. The highest BCUT2D eigenvalue weighted by Gasteiger charge is 2.58. The number of carbonyl (C=O) groups excluding carboxylic acids is 2. The molecule has 2 aromatic rings. The van der Waals surface area contributed by atoms with E-state index in [0.29, 0.717) is 25.1 Å². The third-order valence-corrected chi connectivity index (χ3v) is 5.02. The first-order valence-electron chi connectivity index (χ1n) is 9.27. The van der Waals surface area contributed by atoms with E-state index in [1.807, 2.05) is 44.2 Å². The minimum atomic E-state index is -0.945. The van der Waals surface area contributed by atoms with Crippen LogP contribution in [0.2, 0.25) is 0 Å². The highest BCUT2D eigenvalue weighted by molar-refractivity contribution is 6.13. The molecule has 0 heterocycles. The molecule has 5 heteroatoms. The Morgan fingerprint density at radius 3 is 2.22 bits per heavy atom. The van der Waals surface area contributed by atoms with Crippen molar-refractivity contribution >= 4 is 17.5 Å². The Morgan fingerprint density at radius 2 is 1.70 bits per heavy atom. The molecule has 1 aliphatic carbocycles. The normalized spacial score (nSPS) is 14.5. The van der Waals surface area contributed by atoms with Gasteiger partial charge in [-0.2, -0.15) is 0 Å². The number of nitrogens with one attached hydrogen (secondary N) is 1. The monoisotopic (exact) mass is 366 g/mol. The topological polar surface area (TPSA) is 58.6 Å². The van der Waals surface area contributed by atoms with Gasteiger partial charge in [-0.25, -0.2) is 0 Å². The summed E-state index contributed by atoms with van der Waals surface area (Å²) in [5.41, 5.74) is 0.781. The minimum Gasteiger partial charge on any atom is -0.497 e. The van der Waals surface area contributed by atoms with Crippen LogP contribution in [0.5, 0.6) is 5.75 Å². The fraction of sp³-hybridized carbons (Fsp3) is 0.364. The second-order valence-corrected chi connectivity index (χ2v) is 7.28. The third-order valence-electron chi connectivity index (χ3n) is 5.02. The fourth-order valence-electron chi connectivity index (χ4n) is 3.13. The van der Waals surface area contributed by atoms with E-state index in [4.69, 9.17) is 4.74 Å². The van der Waals surface area contributed by atoms with Crippen molar-refractivity contribution in [3.63, 3.8) is 0 Å². The van der Waals surface area contributed by atoms with Crippen molar-refractivity contribution in [3.05, 3.63) is 60.2 Å². The maximum Gasteiger partial charge on any atom is 0.240 e.